The van der Waals surface area contributed by atoms with Crippen molar-refractivity contribution in [2.45, 2.75) is 0 Å². The summed E-state index contributed by atoms with van der Waals surface area (Å²) in [6.45, 7) is 9.55. The molecule has 11 aromatic carbocycles. The van der Waals surface area contributed by atoms with Crippen molar-refractivity contribution < 1.29 is 4.42 Å². The Morgan fingerprint density at radius 1 is 0.427 bits per heavy atom. The Bertz CT molecular complexity index is 5070. The number of rotatable bonds is 5. The lowest BCUT2D eigenvalue weighted by Gasteiger charge is -2.26. The van der Waals surface area contributed by atoms with E-state index in [0.29, 0.717) is 22.5 Å². The lowest BCUT2D eigenvalue weighted by Crippen LogP contribution is -2.08. The Balaban J connectivity index is 1.17. The number of aromatic nitrogens is 2. The van der Waals surface area contributed by atoms with Crippen LogP contribution < -0.4 is 0 Å². The molecule has 75 heavy (non-hydrogen) atoms. The molecule has 16 rings (SSSR count). The highest BCUT2D eigenvalue weighted by Crippen LogP contribution is 2.55. The highest BCUT2D eigenvalue weighted by atomic mass is 32.1. The zero-order chi connectivity index (χ0) is 49.5. The number of furan rings is 1. The SMILES string of the molecule is [C-]#[N+]c1c(-c2ccccc2)c(C#N)c(-n2c3ccccc3c3c4c(ccc32)oc2c(-c3ccccc3)cccc24)c(-c2ccccc2)c1-n1c2c(ccc3c4ccccc4sc32)c2ccc3c4ccccc4sc3c21. The molecule has 0 spiro atoms. The maximum Gasteiger partial charge on any atom is 0.220 e. The smallest absolute Gasteiger partial charge is 0.220 e. The van der Waals surface area contributed by atoms with E-state index in [-0.39, 0.29) is 0 Å². The Hall–Kier alpha value is -9.76. The van der Waals surface area contributed by atoms with Crippen molar-refractivity contribution in [1.82, 2.24) is 9.13 Å². The van der Waals surface area contributed by atoms with Crippen molar-refractivity contribution in [3.05, 3.63) is 235 Å². The molecule has 346 valence electrons. The van der Waals surface area contributed by atoms with Gasteiger partial charge in [0.15, 0.2) is 0 Å². The highest BCUT2D eigenvalue weighted by Gasteiger charge is 2.33. The molecule has 7 heteroatoms. The van der Waals surface area contributed by atoms with Crippen molar-refractivity contribution >= 4 is 134 Å². The summed E-state index contributed by atoms with van der Waals surface area (Å²) in [4.78, 5) is 4.67. The normalized spacial score (nSPS) is 12.0. The number of nitrogens with zero attached hydrogens (tertiary/aromatic N) is 4. The van der Waals surface area contributed by atoms with Crippen LogP contribution in [0.15, 0.2) is 223 Å². The minimum Gasteiger partial charge on any atom is -0.455 e. The summed E-state index contributed by atoms with van der Waals surface area (Å²) in [5.41, 5.74) is 13.0. The second-order valence-electron chi connectivity index (χ2n) is 19.2. The van der Waals surface area contributed by atoms with Crippen LogP contribution in [0.2, 0.25) is 0 Å². The van der Waals surface area contributed by atoms with Gasteiger partial charge in [0.1, 0.15) is 17.2 Å². The fraction of sp³-hybridized carbons (Fsp3) is 0. The Morgan fingerprint density at radius 3 is 1.57 bits per heavy atom. The van der Waals surface area contributed by atoms with Crippen LogP contribution in [0.5, 0.6) is 0 Å². The Labute approximate surface area is 436 Å². The maximum absolute atomic E-state index is 12.1. The van der Waals surface area contributed by atoms with E-state index in [1.54, 1.807) is 22.7 Å². The Morgan fingerprint density at radius 2 is 0.960 bits per heavy atom. The van der Waals surface area contributed by atoms with Gasteiger partial charge in [-0.1, -0.05) is 188 Å². The van der Waals surface area contributed by atoms with E-state index in [1.807, 2.05) is 42.5 Å². The molecule has 0 aliphatic rings. The molecule has 16 aromatic rings. The minimum absolute atomic E-state index is 0.410. The lowest BCUT2D eigenvalue weighted by molar-refractivity contribution is 0.670. The molecule has 5 nitrogen and oxygen atoms in total. The van der Waals surface area contributed by atoms with Crippen molar-refractivity contribution in [1.29, 1.82) is 5.26 Å². The molecule has 0 N–H and O–H groups in total. The first-order valence-electron chi connectivity index (χ1n) is 24.9. The van der Waals surface area contributed by atoms with E-state index in [1.165, 1.54) is 20.2 Å². The van der Waals surface area contributed by atoms with Crippen molar-refractivity contribution in [3.63, 3.8) is 0 Å². The molecule has 0 unspecified atom stereocenters. The molecule has 5 aromatic heterocycles. The first-order valence-corrected chi connectivity index (χ1v) is 26.6. The third-order valence-electron chi connectivity index (χ3n) is 15.4. The van der Waals surface area contributed by atoms with E-state index >= 15 is 0 Å². The molecular weight excluding hydrogens is 953 g/mol. The van der Waals surface area contributed by atoms with Gasteiger partial charge >= 0.3 is 0 Å². The zero-order valence-corrected chi connectivity index (χ0v) is 41.4. The van der Waals surface area contributed by atoms with E-state index in [2.05, 4.69) is 196 Å². The molecule has 0 aliphatic heterocycles. The van der Waals surface area contributed by atoms with Crippen LogP contribution in [0.25, 0.3) is 155 Å². The summed E-state index contributed by atoms with van der Waals surface area (Å²) in [6, 6.07) is 79.4. The summed E-state index contributed by atoms with van der Waals surface area (Å²) in [6.07, 6.45) is 0. The lowest BCUT2D eigenvalue weighted by atomic mass is 9.88. The van der Waals surface area contributed by atoms with Crippen molar-refractivity contribution in [2.75, 3.05) is 0 Å². The Kier molecular flexibility index (Phi) is 8.85. The molecule has 0 saturated carbocycles. The van der Waals surface area contributed by atoms with Crippen molar-refractivity contribution in [3.8, 4) is 50.8 Å². The number of thiophene rings is 2. The molecular formula is C68H36N4OS2. The summed E-state index contributed by atoms with van der Waals surface area (Å²) < 4.78 is 16.3. The van der Waals surface area contributed by atoms with Gasteiger partial charge < -0.3 is 13.6 Å². The molecule has 5 heterocycles. The number of fused-ring (bicyclic) bond motifs is 18. The minimum atomic E-state index is 0.410. The average Bonchev–Trinajstić information content (AvgIpc) is 4.29. The average molecular weight is 989 g/mol. The maximum atomic E-state index is 12.1. The van der Waals surface area contributed by atoms with Gasteiger partial charge in [0.25, 0.3) is 0 Å². The second-order valence-corrected chi connectivity index (χ2v) is 21.3. The topological polar surface area (TPSA) is 51.1 Å². The number of hydrogen-bond donors (Lipinski definition) is 0. The fourth-order valence-corrected chi connectivity index (χ4v) is 14.8. The van der Waals surface area contributed by atoms with Crippen LogP contribution in [-0.4, -0.2) is 9.13 Å². The van der Waals surface area contributed by atoms with Gasteiger partial charge in [-0.25, -0.2) is 4.85 Å². The standard InChI is InChI=1S/C68H36N4OS2/c1-70-61-57(40-20-7-3-8-21-40)51(38-69)62(71-52-29-14-11-26-49(52)59-53(71)36-37-54-60(59)50-28-17-27-42(66(50)73-54)39-18-5-2-6-19-39)58(41-22-9-4-10-23-41)65(61)72-63-45(32-34-47-43-24-12-15-30-55(43)74-67(47)63)46-33-35-48-44-25-13-16-31-56(44)75-68(48)64(46)72/h2-37H. The van der Waals surface area contributed by atoms with Gasteiger partial charge in [-0.3, -0.25) is 0 Å². The van der Waals surface area contributed by atoms with Crippen LogP contribution in [0, 0.1) is 17.9 Å². The van der Waals surface area contributed by atoms with Gasteiger partial charge in [0.2, 0.25) is 5.69 Å². The predicted molar refractivity (Wildman–Crippen MR) is 315 cm³/mol. The predicted octanol–water partition coefficient (Wildman–Crippen LogP) is 19.9. The van der Waals surface area contributed by atoms with E-state index in [4.69, 9.17) is 4.42 Å². The molecule has 0 radical (unpaired) electrons. The van der Waals surface area contributed by atoms with E-state index in [9.17, 15) is 11.8 Å². The van der Waals surface area contributed by atoms with E-state index in [0.717, 1.165) is 119 Å². The van der Waals surface area contributed by atoms with Crippen molar-refractivity contribution in [2.24, 2.45) is 0 Å². The zero-order valence-electron chi connectivity index (χ0n) is 39.8. The van der Waals surface area contributed by atoms with Crippen LogP contribution in [0.4, 0.5) is 5.69 Å². The highest BCUT2D eigenvalue weighted by molar-refractivity contribution is 7.27. The first-order chi connectivity index (χ1) is 37.2. The van der Waals surface area contributed by atoms with Crippen LogP contribution in [0.1, 0.15) is 5.56 Å². The summed E-state index contributed by atoms with van der Waals surface area (Å²) in [5.74, 6) is 0. The van der Waals surface area contributed by atoms with Gasteiger partial charge in [-0.2, -0.15) is 5.26 Å². The number of para-hydroxylation sites is 2. The summed E-state index contributed by atoms with van der Waals surface area (Å²) in [5, 5.41) is 23.2. The van der Waals surface area contributed by atoms with Gasteiger partial charge in [0.05, 0.1) is 55.0 Å². The summed E-state index contributed by atoms with van der Waals surface area (Å²) >= 11 is 3.59. The van der Waals surface area contributed by atoms with E-state index < -0.39 is 0 Å². The summed E-state index contributed by atoms with van der Waals surface area (Å²) in [7, 11) is 0. The van der Waals surface area contributed by atoms with Gasteiger partial charge in [-0.15, -0.1) is 22.7 Å². The van der Waals surface area contributed by atoms with Crippen LogP contribution in [0.3, 0.4) is 0 Å². The number of hydrogen-bond acceptors (Lipinski definition) is 4. The number of nitriles is 1. The molecule has 0 atom stereocenters. The van der Waals surface area contributed by atoms with Gasteiger partial charge in [-0.05, 0) is 47.0 Å². The molecule has 0 aliphatic carbocycles. The second kappa shape index (κ2) is 15.9. The fourth-order valence-electron chi connectivity index (χ4n) is 12.3. The monoisotopic (exact) mass is 988 g/mol. The molecule has 0 amide bonds. The third-order valence-corrected chi connectivity index (χ3v) is 17.8. The van der Waals surface area contributed by atoms with Gasteiger partial charge in [0, 0.05) is 80.0 Å². The molecule has 0 bridgehead atoms. The third kappa shape index (κ3) is 5.74. The molecule has 0 fully saturated rings. The number of benzene rings is 11. The van der Waals surface area contributed by atoms with Crippen LogP contribution in [-0.2, 0) is 0 Å². The quantitative estimate of drug-likeness (QED) is 0.161. The van der Waals surface area contributed by atoms with Crippen LogP contribution >= 0.6 is 22.7 Å². The molecule has 0 saturated heterocycles. The first kappa shape index (κ1) is 41.8. The largest absolute Gasteiger partial charge is 0.455 e.